The monoisotopic (exact) mass is 341 g/mol. The van der Waals surface area contributed by atoms with Gasteiger partial charge in [-0.2, -0.15) is 0 Å². The number of fused-ring (bicyclic) bond motifs is 1. The predicted octanol–water partition coefficient (Wildman–Crippen LogP) is 3.96. The maximum absolute atomic E-state index is 5.69. The fourth-order valence-electron chi connectivity index (χ4n) is 3.01. The van der Waals surface area contributed by atoms with Crippen molar-refractivity contribution in [3.8, 4) is 16.9 Å². The van der Waals surface area contributed by atoms with Gasteiger partial charge in [0, 0.05) is 24.1 Å². The van der Waals surface area contributed by atoms with Crippen LogP contribution in [0.5, 0.6) is 5.75 Å². The Bertz CT molecular complexity index is 826. The lowest BCUT2D eigenvalue weighted by molar-refractivity contribution is 0.120. The molecule has 24 heavy (non-hydrogen) atoms. The van der Waals surface area contributed by atoms with Gasteiger partial charge in [-0.15, -0.1) is 11.3 Å². The lowest BCUT2D eigenvalue weighted by Crippen LogP contribution is -2.19. The maximum Gasteiger partial charge on any atom is 0.138 e. The molecular weight excluding hydrogens is 322 g/mol. The van der Waals surface area contributed by atoms with E-state index in [1.165, 1.54) is 0 Å². The molecule has 1 aliphatic heterocycles. The number of ether oxygens (including phenoxy) is 2. The first-order valence-electron chi connectivity index (χ1n) is 8.07. The topological polar surface area (TPSA) is 56.3 Å². The summed E-state index contributed by atoms with van der Waals surface area (Å²) in [4.78, 5) is 9.87. The minimum Gasteiger partial charge on any atom is -0.497 e. The highest BCUT2D eigenvalue weighted by molar-refractivity contribution is 7.17. The zero-order valence-electron chi connectivity index (χ0n) is 13.5. The van der Waals surface area contributed by atoms with Crippen molar-refractivity contribution in [1.29, 1.82) is 0 Å². The van der Waals surface area contributed by atoms with Crippen LogP contribution in [-0.2, 0) is 4.74 Å². The smallest absolute Gasteiger partial charge is 0.138 e. The van der Waals surface area contributed by atoms with Gasteiger partial charge in [0.1, 0.15) is 22.7 Å². The van der Waals surface area contributed by atoms with E-state index in [4.69, 9.17) is 9.47 Å². The van der Waals surface area contributed by atoms with Gasteiger partial charge in [-0.05, 0) is 30.5 Å². The molecule has 5 nitrogen and oxygen atoms in total. The Hall–Kier alpha value is -2.18. The quantitative estimate of drug-likeness (QED) is 0.761. The van der Waals surface area contributed by atoms with E-state index in [1.54, 1.807) is 24.8 Å². The molecule has 0 saturated carbocycles. The van der Waals surface area contributed by atoms with Gasteiger partial charge in [0.15, 0.2) is 0 Å². The van der Waals surface area contributed by atoms with E-state index < -0.39 is 0 Å². The normalized spacial score (nSPS) is 17.3. The standard InChI is InChI=1S/C18H19N3O2S/c1-22-13-6-4-12(5-7-13)15-10-24-18-16(15)17(20-11-21-18)19-9-14-3-2-8-23-14/h4-7,10-11,14H,2-3,8-9H2,1H3,(H,19,20,21). The van der Waals surface area contributed by atoms with Crippen LogP contribution in [-0.4, -0.2) is 36.3 Å². The fraction of sp³-hybridized carbons (Fsp3) is 0.333. The van der Waals surface area contributed by atoms with Crippen LogP contribution in [0.15, 0.2) is 36.0 Å². The van der Waals surface area contributed by atoms with Crippen LogP contribution in [0.4, 0.5) is 5.82 Å². The molecule has 0 spiro atoms. The highest BCUT2D eigenvalue weighted by atomic mass is 32.1. The summed E-state index contributed by atoms with van der Waals surface area (Å²) in [5, 5.41) is 6.67. The number of methoxy groups -OCH3 is 1. The van der Waals surface area contributed by atoms with Crippen LogP contribution in [0.1, 0.15) is 12.8 Å². The molecule has 1 unspecified atom stereocenters. The number of thiophene rings is 1. The van der Waals surface area contributed by atoms with Crippen LogP contribution >= 0.6 is 11.3 Å². The van der Waals surface area contributed by atoms with E-state index >= 15 is 0 Å². The molecule has 0 radical (unpaired) electrons. The van der Waals surface area contributed by atoms with E-state index in [0.29, 0.717) is 0 Å². The molecule has 3 heterocycles. The van der Waals surface area contributed by atoms with Gasteiger partial charge in [0.25, 0.3) is 0 Å². The third kappa shape index (κ3) is 2.95. The molecule has 1 saturated heterocycles. The van der Waals surface area contributed by atoms with Crippen molar-refractivity contribution < 1.29 is 9.47 Å². The summed E-state index contributed by atoms with van der Waals surface area (Å²) in [5.41, 5.74) is 2.28. The minimum atomic E-state index is 0.276. The van der Waals surface area contributed by atoms with Gasteiger partial charge in [0.05, 0.1) is 18.6 Å². The molecule has 1 fully saturated rings. The van der Waals surface area contributed by atoms with Crippen LogP contribution in [0.2, 0.25) is 0 Å². The molecular formula is C18H19N3O2S. The number of anilines is 1. The van der Waals surface area contributed by atoms with Crippen LogP contribution in [0.3, 0.4) is 0 Å². The van der Waals surface area contributed by atoms with Gasteiger partial charge < -0.3 is 14.8 Å². The van der Waals surface area contributed by atoms with E-state index in [1.807, 2.05) is 12.1 Å². The Morgan fingerprint density at radius 2 is 2.17 bits per heavy atom. The highest BCUT2D eigenvalue weighted by Crippen LogP contribution is 2.37. The fourth-order valence-corrected chi connectivity index (χ4v) is 3.92. The van der Waals surface area contributed by atoms with Gasteiger partial charge in [-0.3, -0.25) is 0 Å². The second-order valence-electron chi connectivity index (χ2n) is 5.80. The molecule has 1 aromatic carbocycles. The largest absolute Gasteiger partial charge is 0.497 e. The van der Waals surface area contributed by atoms with Crippen molar-refractivity contribution in [3.05, 3.63) is 36.0 Å². The number of benzene rings is 1. The van der Waals surface area contributed by atoms with Crippen molar-refractivity contribution in [2.45, 2.75) is 18.9 Å². The number of rotatable bonds is 5. The van der Waals surface area contributed by atoms with Gasteiger partial charge in [0.2, 0.25) is 0 Å². The highest BCUT2D eigenvalue weighted by Gasteiger charge is 2.17. The molecule has 3 aromatic rings. The molecule has 0 amide bonds. The zero-order chi connectivity index (χ0) is 16.4. The number of nitrogens with one attached hydrogen (secondary N) is 1. The average Bonchev–Trinajstić information content (AvgIpc) is 3.30. The summed E-state index contributed by atoms with van der Waals surface area (Å²) in [5.74, 6) is 1.73. The van der Waals surface area contributed by atoms with E-state index in [9.17, 15) is 0 Å². The summed E-state index contributed by atoms with van der Waals surface area (Å²) in [6.45, 7) is 1.64. The maximum atomic E-state index is 5.69. The zero-order valence-corrected chi connectivity index (χ0v) is 14.3. The first kappa shape index (κ1) is 15.4. The third-order valence-electron chi connectivity index (χ3n) is 4.29. The summed E-state index contributed by atoms with van der Waals surface area (Å²) in [6.07, 6.45) is 4.14. The molecule has 1 atom stereocenters. The second kappa shape index (κ2) is 6.75. The van der Waals surface area contributed by atoms with Gasteiger partial charge in [-0.1, -0.05) is 12.1 Å². The Kier molecular flexibility index (Phi) is 4.32. The van der Waals surface area contributed by atoms with E-state index in [2.05, 4.69) is 32.8 Å². The second-order valence-corrected chi connectivity index (χ2v) is 6.65. The lowest BCUT2D eigenvalue weighted by atomic mass is 10.1. The Morgan fingerprint density at radius 1 is 1.29 bits per heavy atom. The molecule has 1 N–H and O–H groups in total. The van der Waals surface area contributed by atoms with Gasteiger partial charge >= 0.3 is 0 Å². The summed E-state index contributed by atoms with van der Waals surface area (Å²) in [7, 11) is 1.68. The molecule has 2 aromatic heterocycles. The SMILES string of the molecule is COc1ccc(-c2csc3ncnc(NCC4CCCO4)c23)cc1. The number of nitrogens with zero attached hydrogens (tertiary/aromatic N) is 2. The minimum absolute atomic E-state index is 0.276. The third-order valence-corrected chi connectivity index (χ3v) is 5.18. The Balaban J connectivity index is 1.67. The Morgan fingerprint density at radius 3 is 2.92 bits per heavy atom. The summed E-state index contributed by atoms with van der Waals surface area (Å²) < 4.78 is 10.9. The first-order chi connectivity index (χ1) is 11.8. The first-order valence-corrected chi connectivity index (χ1v) is 8.95. The van der Waals surface area contributed by atoms with E-state index in [-0.39, 0.29) is 6.10 Å². The molecule has 0 bridgehead atoms. The molecule has 124 valence electrons. The number of aromatic nitrogens is 2. The Labute approximate surface area is 144 Å². The van der Waals surface area contributed by atoms with Crippen molar-refractivity contribution in [1.82, 2.24) is 9.97 Å². The lowest BCUT2D eigenvalue weighted by Gasteiger charge is -2.12. The molecule has 4 rings (SSSR count). The van der Waals surface area contributed by atoms with Crippen LogP contribution in [0, 0.1) is 0 Å². The van der Waals surface area contributed by atoms with Gasteiger partial charge in [-0.25, -0.2) is 9.97 Å². The molecule has 0 aliphatic carbocycles. The van der Waals surface area contributed by atoms with Crippen molar-refractivity contribution in [2.24, 2.45) is 0 Å². The van der Waals surface area contributed by atoms with Crippen molar-refractivity contribution in [2.75, 3.05) is 25.6 Å². The summed E-state index contributed by atoms with van der Waals surface area (Å²) >= 11 is 1.64. The molecule has 6 heteroatoms. The summed E-state index contributed by atoms with van der Waals surface area (Å²) in [6, 6.07) is 8.08. The van der Waals surface area contributed by atoms with Crippen molar-refractivity contribution in [3.63, 3.8) is 0 Å². The number of hydrogen-bond acceptors (Lipinski definition) is 6. The average molecular weight is 341 g/mol. The van der Waals surface area contributed by atoms with Crippen LogP contribution in [0.25, 0.3) is 21.3 Å². The van der Waals surface area contributed by atoms with Crippen LogP contribution < -0.4 is 10.1 Å². The molecule has 1 aliphatic rings. The number of hydrogen-bond donors (Lipinski definition) is 1. The predicted molar refractivity (Wildman–Crippen MR) is 96.9 cm³/mol. The van der Waals surface area contributed by atoms with Crippen molar-refractivity contribution >= 4 is 27.4 Å². The van der Waals surface area contributed by atoms with E-state index in [0.717, 1.165) is 58.9 Å².